The summed E-state index contributed by atoms with van der Waals surface area (Å²) >= 11 is 1.71. The lowest BCUT2D eigenvalue weighted by Gasteiger charge is -2.33. The van der Waals surface area contributed by atoms with Gasteiger partial charge in [-0.25, -0.2) is 4.98 Å². The van der Waals surface area contributed by atoms with Crippen molar-refractivity contribution in [1.29, 1.82) is 0 Å². The Morgan fingerprint density at radius 1 is 1.10 bits per heavy atom. The molecule has 1 unspecified atom stereocenters. The zero-order valence-corrected chi connectivity index (χ0v) is 24.9. The van der Waals surface area contributed by atoms with E-state index in [1.54, 1.807) is 23.5 Å². The molecule has 0 radical (unpaired) electrons. The number of ether oxygens (including phenoxy) is 1. The highest BCUT2D eigenvalue weighted by atomic mass is 32.1. The second-order valence-electron chi connectivity index (χ2n) is 11.1. The number of pyridine rings is 1. The molecular formula is C32H33N5O4S. The van der Waals surface area contributed by atoms with Crippen LogP contribution in [-0.2, 0) is 9.53 Å². The number of para-hydroxylation sites is 1. The number of aromatic nitrogens is 4. The van der Waals surface area contributed by atoms with Crippen molar-refractivity contribution in [2.75, 3.05) is 25.1 Å². The number of anilines is 1. The first-order valence-corrected chi connectivity index (χ1v) is 15.0. The van der Waals surface area contributed by atoms with Crippen LogP contribution in [0, 0.1) is 12.8 Å². The number of methoxy groups -OCH3 is 1. The van der Waals surface area contributed by atoms with Crippen molar-refractivity contribution in [3.8, 4) is 28.3 Å². The molecule has 0 spiro atoms. The van der Waals surface area contributed by atoms with E-state index in [9.17, 15) is 9.90 Å². The van der Waals surface area contributed by atoms with Gasteiger partial charge in [0.15, 0.2) is 5.76 Å². The average Bonchev–Trinajstić information content (AvgIpc) is 3.65. The van der Waals surface area contributed by atoms with E-state index >= 15 is 0 Å². The second kappa shape index (κ2) is 11.5. The monoisotopic (exact) mass is 583 g/mol. The van der Waals surface area contributed by atoms with Crippen LogP contribution in [0.15, 0.2) is 59.3 Å². The van der Waals surface area contributed by atoms with Crippen molar-refractivity contribution in [2.24, 2.45) is 5.92 Å². The van der Waals surface area contributed by atoms with Crippen LogP contribution in [0.1, 0.15) is 54.7 Å². The van der Waals surface area contributed by atoms with E-state index in [0.29, 0.717) is 28.6 Å². The first-order valence-electron chi connectivity index (χ1n) is 14.1. The minimum absolute atomic E-state index is 0.0186. The molecule has 1 aliphatic heterocycles. The number of aryl methyl sites for hydroxylation is 1. The number of carbonyl (C=O) groups excluding carboxylic acids is 1. The predicted molar refractivity (Wildman–Crippen MR) is 163 cm³/mol. The molecule has 10 heteroatoms. The molecule has 1 atom stereocenters. The molecule has 0 amide bonds. The Labute approximate surface area is 248 Å². The summed E-state index contributed by atoms with van der Waals surface area (Å²) in [6.07, 6.45) is 3.86. The van der Waals surface area contributed by atoms with E-state index in [0.717, 1.165) is 53.1 Å². The van der Waals surface area contributed by atoms with E-state index in [2.05, 4.69) is 39.3 Å². The van der Waals surface area contributed by atoms with Crippen molar-refractivity contribution < 1.29 is 19.2 Å². The van der Waals surface area contributed by atoms with E-state index in [1.807, 2.05) is 44.3 Å². The van der Waals surface area contributed by atoms with Gasteiger partial charge < -0.3 is 19.3 Å². The summed E-state index contributed by atoms with van der Waals surface area (Å²) in [5, 5.41) is 24.3. The number of piperidine rings is 1. The Kier molecular flexibility index (Phi) is 7.64. The van der Waals surface area contributed by atoms with Gasteiger partial charge in [0.1, 0.15) is 28.0 Å². The lowest BCUT2D eigenvalue weighted by atomic mass is 9.93. The second-order valence-corrected chi connectivity index (χ2v) is 12.2. The molecule has 42 heavy (non-hydrogen) atoms. The number of phenols is 1. The maximum atomic E-state index is 12.3. The minimum atomic E-state index is -0.502. The van der Waals surface area contributed by atoms with Crippen molar-refractivity contribution in [2.45, 2.75) is 45.4 Å². The van der Waals surface area contributed by atoms with Gasteiger partial charge in [0.25, 0.3) is 0 Å². The standard InChI is InChI=1S/C32H33N5O4S/c1-18(2)29(32(39)40-4)27-16-24(36-41-27)22-13-19(3)30(33-17-22)37-11-9-20(10-12-37)28-15-21-14-25(34-35-31(21)42-28)23-7-5-6-8-26(23)38/h5-8,13-18,20,29,38H,9-12H2,1-4H3. The maximum absolute atomic E-state index is 12.3. The summed E-state index contributed by atoms with van der Waals surface area (Å²) in [5.74, 6) is 1.31. The molecule has 0 aliphatic carbocycles. The molecule has 5 heterocycles. The average molecular weight is 584 g/mol. The Bertz CT molecular complexity index is 1740. The van der Waals surface area contributed by atoms with E-state index in [4.69, 9.17) is 14.2 Å². The highest BCUT2D eigenvalue weighted by Gasteiger charge is 2.30. The van der Waals surface area contributed by atoms with Crippen LogP contribution in [0.4, 0.5) is 5.82 Å². The molecule has 6 rings (SSSR count). The van der Waals surface area contributed by atoms with Crippen LogP contribution in [0.5, 0.6) is 5.75 Å². The molecular weight excluding hydrogens is 550 g/mol. The Balaban J connectivity index is 1.14. The number of rotatable bonds is 7. The van der Waals surface area contributed by atoms with Gasteiger partial charge >= 0.3 is 5.97 Å². The van der Waals surface area contributed by atoms with Gasteiger partial charge in [-0.15, -0.1) is 21.5 Å². The zero-order valence-electron chi connectivity index (χ0n) is 24.1. The maximum Gasteiger partial charge on any atom is 0.316 e. The zero-order chi connectivity index (χ0) is 29.4. The highest BCUT2D eigenvalue weighted by molar-refractivity contribution is 7.18. The lowest BCUT2D eigenvalue weighted by molar-refractivity contribution is -0.144. The third-order valence-electron chi connectivity index (χ3n) is 7.98. The molecule has 4 aromatic heterocycles. The van der Waals surface area contributed by atoms with Crippen LogP contribution < -0.4 is 4.90 Å². The molecule has 1 N–H and O–H groups in total. The first-order chi connectivity index (χ1) is 20.3. The number of carbonyl (C=O) groups is 1. The van der Waals surface area contributed by atoms with Crippen molar-refractivity contribution in [1.82, 2.24) is 20.3 Å². The number of nitrogens with zero attached hydrogens (tertiary/aromatic N) is 5. The minimum Gasteiger partial charge on any atom is -0.507 e. The number of benzene rings is 1. The Morgan fingerprint density at radius 2 is 1.88 bits per heavy atom. The summed E-state index contributed by atoms with van der Waals surface area (Å²) in [5.41, 5.74) is 3.93. The molecule has 5 aromatic rings. The quantitative estimate of drug-likeness (QED) is 0.209. The summed E-state index contributed by atoms with van der Waals surface area (Å²) in [4.78, 5) is 21.7. The summed E-state index contributed by atoms with van der Waals surface area (Å²) in [7, 11) is 1.38. The van der Waals surface area contributed by atoms with Crippen LogP contribution in [0.3, 0.4) is 0 Å². The van der Waals surface area contributed by atoms with Crippen LogP contribution >= 0.6 is 11.3 Å². The Hall–Kier alpha value is -4.31. The van der Waals surface area contributed by atoms with Crippen LogP contribution in [0.2, 0.25) is 0 Å². The fraction of sp³-hybridized carbons (Fsp3) is 0.344. The van der Waals surface area contributed by atoms with Crippen molar-refractivity contribution in [3.63, 3.8) is 0 Å². The van der Waals surface area contributed by atoms with Crippen LogP contribution in [0.25, 0.3) is 32.7 Å². The number of thiophene rings is 1. The number of esters is 1. The largest absolute Gasteiger partial charge is 0.507 e. The molecule has 1 aromatic carbocycles. The van der Waals surface area contributed by atoms with Crippen molar-refractivity contribution in [3.05, 3.63) is 70.9 Å². The predicted octanol–water partition coefficient (Wildman–Crippen LogP) is 6.72. The number of fused-ring (bicyclic) bond motifs is 1. The number of hydrogen-bond acceptors (Lipinski definition) is 10. The van der Waals surface area contributed by atoms with Gasteiger partial charge in [0.05, 0.1) is 12.8 Å². The van der Waals surface area contributed by atoms with Gasteiger partial charge in [0.2, 0.25) is 0 Å². The molecule has 1 fully saturated rings. The summed E-state index contributed by atoms with van der Waals surface area (Å²) in [6, 6.07) is 15.3. The molecule has 1 aliphatic rings. The fourth-order valence-corrected chi connectivity index (χ4v) is 6.85. The molecule has 0 bridgehead atoms. The number of aromatic hydroxyl groups is 1. The highest BCUT2D eigenvalue weighted by Crippen LogP contribution is 2.38. The first kappa shape index (κ1) is 27.8. The molecule has 9 nitrogen and oxygen atoms in total. The van der Waals surface area contributed by atoms with Gasteiger partial charge in [-0.05, 0) is 67.5 Å². The van der Waals surface area contributed by atoms with Gasteiger partial charge in [-0.1, -0.05) is 31.1 Å². The van der Waals surface area contributed by atoms with E-state index < -0.39 is 5.92 Å². The topological polar surface area (TPSA) is 114 Å². The normalized spacial score (nSPS) is 14.9. The third-order valence-corrected chi connectivity index (χ3v) is 9.18. The SMILES string of the molecule is COC(=O)C(c1cc(-c2cnc(N3CCC(c4cc5cc(-c6ccccc6O)nnc5s4)CC3)c(C)c2)no1)C(C)C. The molecule has 1 saturated heterocycles. The lowest BCUT2D eigenvalue weighted by Crippen LogP contribution is -2.33. The van der Waals surface area contributed by atoms with Crippen molar-refractivity contribution >= 4 is 33.3 Å². The summed E-state index contributed by atoms with van der Waals surface area (Å²) in [6.45, 7) is 7.79. The van der Waals surface area contributed by atoms with E-state index in [1.165, 1.54) is 12.0 Å². The molecule has 0 saturated carbocycles. The number of phenolic OH excluding ortho intramolecular Hbond substituents is 1. The van der Waals surface area contributed by atoms with E-state index in [-0.39, 0.29) is 17.6 Å². The Morgan fingerprint density at radius 3 is 2.60 bits per heavy atom. The number of hydrogen-bond donors (Lipinski definition) is 1. The van der Waals surface area contributed by atoms with Gasteiger partial charge in [0, 0.05) is 46.7 Å². The van der Waals surface area contributed by atoms with Crippen LogP contribution in [-0.4, -0.2) is 51.6 Å². The van der Waals surface area contributed by atoms with Gasteiger partial charge in [-0.3, -0.25) is 4.79 Å². The van der Waals surface area contributed by atoms with Gasteiger partial charge in [-0.2, -0.15) is 0 Å². The fourth-order valence-electron chi connectivity index (χ4n) is 5.73. The summed E-state index contributed by atoms with van der Waals surface area (Å²) < 4.78 is 10.5. The smallest absolute Gasteiger partial charge is 0.316 e. The molecule has 216 valence electrons. The third kappa shape index (κ3) is 5.34.